The summed E-state index contributed by atoms with van der Waals surface area (Å²) < 4.78 is 10.6. The molecule has 1 aromatic heterocycles. The Bertz CT molecular complexity index is 536. The van der Waals surface area contributed by atoms with Crippen molar-refractivity contribution in [2.75, 3.05) is 19.0 Å². The van der Waals surface area contributed by atoms with Gasteiger partial charge in [-0.05, 0) is 33.6 Å². The van der Waals surface area contributed by atoms with Crippen molar-refractivity contribution >= 4 is 11.5 Å². The molecule has 2 heterocycles. The lowest BCUT2D eigenvalue weighted by Gasteiger charge is -2.22. The summed E-state index contributed by atoms with van der Waals surface area (Å²) in [6.45, 7) is 6.35. The average molecular weight is 296 g/mol. The second-order valence-corrected chi connectivity index (χ2v) is 5.92. The zero-order chi connectivity index (χ0) is 15.6. The summed E-state index contributed by atoms with van der Waals surface area (Å²) in [5, 5.41) is 14.3. The number of hydrogen-bond acceptors (Lipinski definition) is 7. The number of rotatable bonds is 4. The van der Waals surface area contributed by atoms with E-state index in [2.05, 4.69) is 15.3 Å². The fourth-order valence-corrected chi connectivity index (χ4v) is 2.13. The number of nitrogens with one attached hydrogen (secondary N) is 1. The van der Waals surface area contributed by atoms with E-state index in [1.165, 1.54) is 7.11 Å². The van der Waals surface area contributed by atoms with Crippen molar-refractivity contribution in [2.24, 2.45) is 0 Å². The molecule has 8 nitrogen and oxygen atoms in total. The van der Waals surface area contributed by atoms with Crippen LogP contribution < -0.4 is 10.1 Å². The molecule has 1 aliphatic rings. The van der Waals surface area contributed by atoms with Gasteiger partial charge in [0.25, 0.3) is 5.88 Å². The Morgan fingerprint density at radius 1 is 1.43 bits per heavy atom. The summed E-state index contributed by atoms with van der Waals surface area (Å²) in [6.07, 6.45) is 1.49. The van der Waals surface area contributed by atoms with Crippen molar-refractivity contribution in [1.82, 2.24) is 9.97 Å². The molecular weight excluding hydrogens is 276 g/mol. The number of methoxy groups -OCH3 is 1. The van der Waals surface area contributed by atoms with Gasteiger partial charge >= 0.3 is 5.69 Å². The molecule has 1 aliphatic heterocycles. The van der Waals surface area contributed by atoms with Crippen molar-refractivity contribution in [1.29, 1.82) is 0 Å². The molecule has 1 unspecified atom stereocenters. The minimum Gasteiger partial charge on any atom is -0.476 e. The largest absolute Gasteiger partial charge is 0.476 e. The Hall–Kier alpha value is -1.96. The summed E-state index contributed by atoms with van der Waals surface area (Å²) in [5.41, 5.74) is -0.632. The van der Waals surface area contributed by atoms with Crippen LogP contribution in [0.5, 0.6) is 5.88 Å². The van der Waals surface area contributed by atoms with Crippen LogP contribution in [-0.2, 0) is 4.74 Å². The fourth-order valence-electron chi connectivity index (χ4n) is 2.13. The van der Waals surface area contributed by atoms with E-state index in [0.29, 0.717) is 12.4 Å². The first-order valence-corrected chi connectivity index (χ1v) is 6.82. The van der Waals surface area contributed by atoms with Gasteiger partial charge in [-0.3, -0.25) is 10.1 Å². The molecule has 0 bridgehead atoms. The molecule has 1 aromatic rings. The molecule has 0 saturated carbocycles. The van der Waals surface area contributed by atoms with Gasteiger partial charge < -0.3 is 14.8 Å². The summed E-state index contributed by atoms with van der Waals surface area (Å²) in [5.74, 6) is 0.527. The van der Waals surface area contributed by atoms with E-state index in [9.17, 15) is 10.1 Å². The fraction of sp³-hybridized carbons (Fsp3) is 0.692. The topological polar surface area (TPSA) is 99.4 Å². The molecule has 0 spiro atoms. The van der Waals surface area contributed by atoms with Crippen LogP contribution in [0.4, 0.5) is 11.5 Å². The molecule has 1 N–H and O–H groups in total. The van der Waals surface area contributed by atoms with E-state index >= 15 is 0 Å². The van der Waals surface area contributed by atoms with Crippen LogP contribution in [0.1, 0.15) is 45.5 Å². The first kappa shape index (κ1) is 15.4. The number of ether oxygens (including phenoxy) is 2. The minimum atomic E-state index is -0.536. The predicted octanol–water partition coefficient (Wildman–Crippen LogP) is 2.46. The number of nitro groups is 1. The molecule has 21 heavy (non-hydrogen) atoms. The first-order chi connectivity index (χ1) is 9.81. The van der Waals surface area contributed by atoms with Crippen LogP contribution in [0.2, 0.25) is 0 Å². The number of anilines is 1. The first-order valence-electron chi connectivity index (χ1n) is 6.82. The van der Waals surface area contributed by atoms with Crippen LogP contribution in [0.15, 0.2) is 0 Å². The van der Waals surface area contributed by atoms with Crippen LogP contribution in [0.3, 0.4) is 0 Å². The third-order valence-corrected chi connectivity index (χ3v) is 2.96. The number of aromatic nitrogens is 2. The molecule has 8 heteroatoms. The normalized spacial score (nSPS) is 18.6. The summed E-state index contributed by atoms with van der Waals surface area (Å²) in [7, 11) is 1.36. The maximum atomic E-state index is 11.3. The van der Waals surface area contributed by atoms with Crippen LogP contribution in [-0.4, -0.2) is 34.1 Å². The van der Waals surface area contributed by atoms with Gasteiger partial charge in [-0.2, -0.15) is 4.98 Å². The SMILES string of the molecule is COc1nc(C2CCCO2)nc(NC(C)(C)C)c1[N+](=O)[O-]. The number of nitrogens with zero attached hydrogens (tertiary/aromatic N) is 3. The monoisotopic (exact) mass is 296 g/mol. The van der Waals surface area contributed by atoms with Gasteiger partial charge in [-0.1, -0.05) is 0 Å². The third-order valence-electron chi connectivity index (χ3n) is 2.96. The highest BCUT2D eigenvalue weighted by molar-refractivity contribution is 5.62. The van der Waals surface area contributed by atoms with Crippen molar-refractivity contribution in [3.05, 3.63) is 15.9 Å². The van der Waals surface area contributed by atoms with E-state index in [-0.39, 0.29) is 29.0 Å². The van der Waals surface area contributed by atoms with Crippen LogP contribution in [0.25, 0.3) is 0 Å². The lowest BCUT2D eigenvalue weighted by Crippen LogP contribution is -2.28. The van der Waals surface area contributed by atoms with Crippen LogP contribution in [0, 0.1) is 10.1 Å². The Morgan fingerprint density at radius 3 is 2.62 bits per heavy atom. The molecular formula is C13H20N4O4. The van der Waals surface area contributed by atoms with Crippen LogP contribution >= 0.6 is 0 Å². The molecule has 0 radical (unpaired) electrons. The zero-order valence-electron chi connectivity index (χ0n) is 12.7. The number of hydrogen-bond donors (Lipinski definition) is 1. The van der Waals surface area contributed by atoms with Gasteiger partial charge in [0.2, 0.25) is 5.82 Å². The standard InChI is InChI=1S/C13H20N4O4/c1-13(2,3)16-11-9(17(18)19)12(20-4)15-10(14-11)8-6-5-7-21-8/h8H,5-7H2,1-4H3,(H,14,15,16). The molecule has 2 rings (SSSR count). The van der Waals surface area contributed by atoms with E-state index in [0.717, 1.165) is 12.8 Å². The Labute approximate surface area is 123 Å². The van der Waals surface area contributed by atoms with Gasteiger partial charge in [-0.25, -0.2) is 4.98 Å². The highest BCUT2D eigenvalue weighted by Crippen LogP contribution is 2.36. The maximum Gasteiger partial charge on any atom is 0.372 e. The molecule has 0 amide bonds. The van der Waals surface area contributed by atoms with Crippen molar-refractivity contribution in [3.8, 4) is 5.88 Å². The van der Waals surface area contributed by atoms with Crippen molar-refractivity contribution in [2.45, 2.75) is 45.3 Å². The lowest BCUT2D eigenvalue weighted by molar-refractivity contribution is -0.385. The van der Waals surface area contributed by atoms with E-state index in [1.807, 2.05) is 20.8 Å². The minimum absolute atomic E-state index is 0.0488. The lowest BCUT2D eigenvalue weighted by atomic mass is 10.1. The Kier molecular flexibility index (Phi) is 4.26. The average Bonchev–Trinajstić information content (AvgIpc) is 2.89. The quantitative estimate of drug-likeness (QED) is 0.672. The smallest absolute Gasteiger partial charge is 0.372 e. The van der Waals surface area contributed by atoms with Gasteiger partial charge in [0, 0.05) is 12.1 Å². The second kappa shape index (κ2) is 5.80. The molecule has 0 aliphatic carbocycles. The highest BCUT2D eigenvalue weighted by atomic mass is 16.6. The highest BCUT2D eigenvalue weighted by Gasteiger charge is 2.31. The van der Waals surface area contributed by atoms with Gasteiger partial charge in [-0.15, -0.1) is 0 Å². The molecule has 0 aromatic carbocycles. The maximum absolute atomic E-state index is 11.3. The van der Waals surface area contributed by atoms with Crippen molar-refractivity contribution < 1.29 is 14.4 Å². The second-order valence-electron chi connectivity index (χ2n) is 5.92. The van der Waals surface area contributed by atoms with Gasteiger partial charge in [0.1, 0.15) is 6.10 Å². The molecule has 1 saturated heterocycles. The molecule has 116 valence electrons. The third kappa shape index (κ3) is 3.57. The molecule has 1 fully saturated rings. The predicted molar refractivity (Wildman–Crippen MR) is 76.5 cm³/mol. The Balaban J connectivity index is 2.51. The summed E-state index contributed by atoms with van der Waals surface area (Å²) in [6, 6.07) is 0. The summed E-state index contributed by atoms with van der Waals surface area (Å²) in [4.78, 5) is 19.2. The van der Waals surface area contributed by atoms with Gasteiger partial charge in [0.15, 0.2) is 5.82 Å². The zero-order valence-corrected chi connectivity index (χ0v) is 12.7. The summed E-state index contributed by atoms with van der Waals surface area (Å²) >= 11 is 0. The molecule has 1 atom stereocenters. The van der Waals surface area contributed by atoms with E-state index < -0.39 is 4.92 Å². The van der Waals surface area contributed by atoms with Crippen molar-refractivity contribution in [3.63, 3.8) is 0 Å². The van der Waals surface area contributed by atoms with Gasteiger partial charge in [0.05, 0.1) is 12.0 Å². The van der Waals surface area contributed by atoms with E-state index in [4.69, 9.17) is 9.47 Å². The van der Waals surface area contributed by atoms with E-state index in [1.54, 1.807) is 0 Å². The Morgan fingerprint density at radius 2 is 2.14 bits per heavy atom.